The van der Waals surface area contributed by atoms with Crippen LogP contribution in [0.1, 0.15) is 31.8 Å². The van der Waals surface area contributed by atoms with Gasteiger partial charge in [0.05, 0.1) is 26.7 Å². The van der Waals surface area contributed by atoms with Crippen molar-refractivity contribution in [3.8, 4) is 11.1 Å². The molecule has 0 saturated carbocycles. The summed E-state index contributed by atoms with van der Waals surface area (Å²) in [6.45, 7) is 1.42. The molecule has 4 nitrogen and oxygen atoms in total. The Balaban J connectivity index is 2.94. The molecule has 0 aliphatic heterocycles. The quantitative estimate of drug-likeness (QED) is 0.734. The molecule has 0 heterocycles. The zero-order valence-corrected chi connectivity index (χ0v) is 13.9. The molecule has 0 amide bonds. The van der Waals surface area contributed by atoms with Crippen LogP contribution in [0.15, 0.2) is 24.3 Å². The lowest BCUT2D eigenvalue weighted by Crippen LogP contribution is -2.10. The second-order valence-corrected chi connectivity index (χ2v) is 5.92. The monoisotopic (exact) mass is 392 g/mol. The van der Waals surface area contributed by atoms with Crippen LogP contribution in [0.4, 0.5) is 13.2 Å². The number of hydrogen-bond donors (Lipinski definition) is 2. The summed E-state index contributed by atoms with van der Waals surface area (Å²) in [5.74, 6) is -2.92. The summed E-state index contributed by atoms with van der Waals surface area (Å²) in [6, 6.07) is 3.57. The van der Waals surface area contributed by atoms with E-state index < -0.39 is 44.9 Å². The smallest absolute Gasteiger partial charge is 0.416 e. The molecule has 0 radical (unpaired) electrons. The predicted molar refractivity (Wildman–Crippen MR) is 85.6 cm³/mol. The molecule has 0 aromatic heterocycles. The van der Waals surface area contributed by atoms with Crippen LogP contribution in [0.5, 0.6) is 0 Å². The summed E-state index contributed by atoms with van der Waals surface area (Å²) in [5.41, 5.74) is -2.39. The Morgan fingerprint density at radius 3 is 1.88 bits per heavy atom. The van der Waals surface area contributed by atoms with Gasteiger partial charge in [-0.15, -0.1) is 0 Å². The van der Waals surface area contributed by atoms with Crippen LogP contribution in [0.3, 0.4) is 0 Å². The lowest BCUT2D eigenvalue weighted by Gasteiger charge is -2.17. The van der Waals surface area contributed by atoms with Crippen LogP contribution in [-0.2, 0) is 6.18 Å². The van der Waals surface area contributed by atoms with Crippen molar-refractivity contribution in [1.82, 2.24) is 0 Å². The van der Waals surface area contributed by atoms with Gasteiger partial charge in [0, 0.05) is 11.1 Å². The standard InChI is InChI=1S/C16H9Cl2F3O4/c1-6-2-3-8(14(22)23)12(11(6)15(24)25)13-9(17)4-7(5-10(13)18)16(19,20)21/h2-5H,1H3,(H,22,23)(H,24,25). The molecule has 2 aromatic carbocycles. The predicted octanol–water partition coefficient (Wildman–Crippen LogP) is 5.38. The van der Waals surface area contributed by atoms with E-state index in [-0.39, 0.29) is 16.7 Å². The van der Waals surface area contributed by atoms with Crippen molar-refractivity contribution in [2.75, 3.05) is 0 Å². The number of aromatic carboxylic acids is 2. The molecular formula is C16H9Cl2F3O4. The summed E-state index contributed by atoms with van der Waals surface area (Å²) in [7, 11) is 0. The highest BCUT2D eigenvalue weighted by Crippen LogP contribution is 2.43. The number of halogens is 5. The summed E-state index contributed by atoms with van der Waals surface area (Å²) in [5, 5.41) is 17.7. The van der Waals surface area contributed by atoms with Gasteiger partial charge in [-0.1, -0.05) is 29.3 Å². The molecule has 0 atom stereocenters. The first-order valence-electron chi connectivity index (χ1n) is 6.62. The Labute approximate surface area is 149 Å². The summed E-state index contributed by atoms with van der Waals surface area (Å²) >= 11 is 11.8. The SMILES string of the molecule is Cc1ccc(C(=O)O)c(-c2c(Cl)cc(C(F)(F)F)cc2Cl)c1C(=O)O. The van der Waals surface area contributed by atoms with Crippen molar-refractivity contribution in [2.45, 2.75) is 13.1 Å². The van der Waals surface area contributed by atoms with E-state index in [9.17, 15) is 33.0 Å². The molecule has 2 rings (SSSR count). The van der Waals surface area contributed by atoms with Crippen molar-refractivity contribution in [3.63, 3.8) is 0 Å². The normalized spacial score (nSPS) is 11.4. The van der Waals surface area contributed by atoms with E-state index in [0.717, 1.165) is 6.07 Å². The molecule has 0 saturated heterocycles. The van der Waals surface area contributed by atoms with Crippen LogP contribution in [0.2, 0.25) is 10.0 Å². The zero-order valence-electron chi connectivity index (χ0n) is 12.4. The second-order valence-electron chi connectivity index (χ2n) is 5.10. The fourth-order valence-corrected chi connectivity index (χ4v) is 3.07. The number of benzene rings is 2. The van der Waals surface area contributed by atoms with Crippen molar-refractivity contribution < 1.29 is 33.0 Å². The van der Waals surface area contributed by atoms with Gasteiger partial charge in [0.2, 0.25) is 0 Å². The molecule has 2 N–H and O–H groups in total. The minimum atomic E-state index is -4.72. The van der Waals surface area contributed by atoms with E-state index in [1.165, 1.54) is 13.0 Å². The molecule has 2 aromatic rings. The third-order valence-electron chi connectivity index (χ3n) is 3.48. The van der Waals surface area contributed by atoms with Gasteiger partial charge >= 0.3 is 18.1 Å². The average molecular weight is 393 g/mol. The number of carboxylic acids is 2. The van der Waals surface area contributed by atoms with Crippen LogP contribution in [-0.4, -0.2) is 22.2 Å². The first kappa shape index (κ1) is 19.1. The average Bonchev–Trinajstić information content (AvgIpc) is 2.44. The highest BCUT2D eigenvalue weighted by atomic mass is 35.5. The second kappa shape index (κ2) is 6.57. The van der Waals surface area contributed by atoms with Gasteiger partial charge in [-0.3, -0.25) is 0 Å². The number of aryl methyl sites for hydroxylation is 1. The van der Waals surface area contributed by atoms with Crippen molar-refractivity contribution in [3.05, 3.63) is 56.6 Å². The van der Waals surface area contributed by atoms with Gasteiger partial charge in [0.1, 0.15) is 0 Å². The van der Waals surface area contributed by atoms with Crippen molar-refractivity contribution in [2.24, 2.45) is 0 Å². The zero-order chi connectivity index (χ0) is 19.1. The number of rotatable bonds is 3. The van der Waals surface area contributed by atoms with Gasteiger partial charge in [-0.05, 0) is 30.7 Å². The molecule has 0 aliphatic carbocycles. The highest BCUT2D eigenvalue weighted by molar-refractivity contribution is 6.40. The molecule has 9 heteroatoms. The molecular weight excluding hydrogens is 384 g/mol. The summed E-state index contributed by atoms with van der Waals surface area (Å²) in [6.07, 6.45) is -4.72. The first-order chi connectivity index (χ1) is 11.4. The summed E-state index contributed by atoms with van der Waals surface area (Å²) < 4.78 is 38.6. The Morgan fingerprint density at radius 2 is 1.48 bits per heavy atom. The largest absolute Gasteiger partial charge is 0.478 e. The fourth-order valence-electron chi connectivity index (χ4n) is 2.40. The Bertz CT molecular complexity index is 869. The van der Waals surface area contributed by atoms with E-state index in [2.05, 4.69) is 0 Å². The third kappa shape index (κ3) is 3.57. The molecule has 0 aliphatic rings. The first-order valence-corrected chi connectivity index (χ1v) is 7.37. The van der Waals surface area contributed by atoms with E-state index in [0.29, 0.717) is 12.1 Å². The van der Waals surface area contributed by atoms with Crippen LogP contribution in [0, 0.1) is 6.92 Å². The third-order valence-corrected chi connectivity index (χ3v) is 4.07. The minimum absolute atomic E-state index is 0.208. The molecule has 0 fully saturated rings. The molecule has 0 spiro atoms. The Hall–Kier alpha value is -2.25. The van der Waals surface area contributed by atoms with Gasteiger partial charge in [0.15, 0.2) is 0 Å². The fraction of sp³-hybridized carbons (Fsp3) is 0.125. The lowest BCUT2D eigenvalue weighted by molar-refractivity contribution is -0.137. The van der Waals surface area contributed by atoms with E-state index in [1.54, 1.807) is 0 Å². The maximum absolute atomic E-state index is 12.9. The van der Waals surface area contributed by atoms with Gasteiger partial charge in [0.25, 0.3) is 0 Å². The molecule has 132 valence electrons. The minimum Gasteiger partial charge on any atom is -0.478 e. The topological polar surface area (TPSA) is 74.6 Å². The number of alkyl halides is 3. The van der Waals surface area contributed by atoms with E-state index in [1.807, 2.05) is 0 Å². The Morgan fingerprint density at radius 1 is 0.960 bits per heavy atom. The summed E-state index contributed by atoms with van der Waals surface area (Å²) in [4.78, 5) is 23.1. The van der Waals surface area contributed by atoms with Crippen molar-refractivity contribution >= 4 is 35.1 Å². The number of carbonyl (C=O) groups is 2. The lowest BCUT2D eigenvalue weighted by atomic mass is 9.90. The number of hydrogen-bond acceptors (Lipinski definition) is 2. The van der Waals surface area contributed by atoms with Gasteiger partial charge in [-0.25, -0.2) is 9.59 Å². The maximum atomic E-state index is 12.9. The van der Waals surface area contributed by atoms with Gasteiger partial charge in [-0.2, -0.15) is 13.2 Å². The maximum Gasteiger partial charge on any atom is 0.416 e. The highest BCUT2D eigenvalue weighted by Gasteiger charge is 2.33. The van der Waals surface area contributed by atoms with Crippen LogP contribution < -0.4 is 0 Å². The van der Waals surface area contributed by atoms with Crippen LogP contribution in [0.25, 0.3) is 11.1 Å². The van der Waals surface area contributed by atoms with E-state index >= 15 is 0 Å². The van der Waals surface area contributed by atoms with E-state index in [4.69, 9.17) is 23.2 Å². The molecule has 25 heavy (non-hydrogen) atoms. The van der Waals surface area contributed by atoms with Crippen LogP contribution >= 0.6 is 23.2 Å². The molecule has 0 unspecified atom stereocenters. The molecule has 0 bridgehead atoms. The van der Waals surface area contributed by atoms with Gasteiger partial charge < -0.3 is 10.2 Å². The Kier molecular flexibility index (Phi) is 5.02. The van der Waals surface area contributed by atoms with Crippen molar-refractivity contribution in [1.29, 1.82) is 0 Å². The number of carboxylic acid groups (broad SMARTS) is 2.